The van der Waals surface area contributed by atoms with Crippen LogP contribution in [0.1, 0.15) is 32.1 Å². The highest BCUT2D eigenvalue weighted by Gasteiger charge is 2.14. The molecule has 1 fully saturated rings. The van der Waals surface area contributed by atoms with Crippen LogP contribution in [-0.4, -0.2) is 11.7 Å². The van der Waals surface area contributed by atoms with E-state index in [4.69, 9.17) is 4.74 Å². The Kier molecular flexibility index (Phi) is 3.26. The molecule has 0 radical (unpaired) electrons. The van der Waals surface area contributed by atoms with E-state index in [1.807, 2.05) is 0 Å². The molecule has 0 saturated heterocycles. The number of nitrogens with zero attached hydrogens (tertiary/aromatic N) is 1. The molecular formula is C16H21NO. The summed E-state index contributed by atoms with van der Waals surface area (Å²) in [5.74, 6) is 1.90. The lowest BCUT2D eigenvalue weighted by molar-refractivity contribution is 0.415. The van der Waals surface area contributed by atoms with Gasteiger partial charge in [-0.2, -0.15) is 0 Å². The van der Waals surface area contributed by atoms with E-state index < -0.39 is 0 Å². The summed E-state index contributed by atoms with van der Waals surface area (Å²) in [6.45, 7) is 1.15. The zero-order chi connectivity index (χ0) is 12.4. The van der Waals surface area contributed by atoms with Crippen molar-refractivity contribution in [1.82, 2.24) is 4.57 Å². The van der Waals surface area contributed by atoms with Gasteiger partial charge in [0, 0.05) is 23.6 Å². The quantitative estimate of drug-likeness (QED) is 0.783. The van der Waals surface area contributed by atoms with Gasteiger partial charge in [0.25, 0.3) is 0 Å². The van der Waals surface area contributed by atoms with Gasteiger partial charge in [0.2, 0.25) is 0 Å². The van der Waals surface area contributed by atoms with Crippen molar-refractivity contribution in [2.45, 2.75) is 38.6 Å². The van der Waals surface area contributed by atoms with E-state index >= 15 is 0 Å². The van der Waals surface area contributed by atoms with E-state index in [1.165, 1.54) is 43.0 Å². The van der Waals surface area contributed by atoms with E-state index in [9.17, 15) is 0 Å². The molecule has 0 amide bonds. The van der Waals surface area contributed by atoms with Crippen LogP contribution in [0.25, 0.3) is 10.9 Å². The second-order valence-corrected chi connectivity index (χ2v) is 5.37. The largest absolute Gasteiger partial charge is 0.497 e. The Bertz CT molecular complexity index is 523. The second-order valence-electron chi connectivity index (χ2n) is 5.37. The Morgan fingerprint density at radius 2 is 2.06 bits per heavy atom. The van der Waals surface area contributed by atoms with Crippen LogP contribution >= 0.6 is 0 Å². The lowest BCUT2D eigenvalue weighted by atomic mass is 10.0. The molecular weight excluding hydrogens is 222 g/mol. The molecule has 1 saturated carbocycles. The molecule has 1 aliphatic rings. The first-order valence-electron chi connectivity index (χ1n) is 7.00. The minimum absolute atomic E-state index is 0.941. The Labute approximate surface area is 109 Å². The third-order valence-electron chi connectivity index (χ3n) is 4.23. The first-order valence-corrected chi connectivity index (χ1v) is 7.00. The van der Waals surface area contributed by atoms with Crippen LogP contribution in [-0.2, 0) is 6.54 Å². The number of aromatic nitrogens is 1. The number of benzene rings is 1. The van der Waals surface area contributed by atoms with Crippen LogP contribution in [0.4, 0.5) is 0 Å². The Morgan fingerprint density at radius 1 is 1.22 bits per heavy atom. The number of fused-ring (bicyclic) bond motifs is 1. The highest BCUT2D eigenvalue weighted by Crippen LogP contribution is 2.29. The SMILES string of the molecule is COc1ccc2c(ccn2CCC2CCCC2)c1. The van der Waals surface area contributed by atoms with E-state index in [-0.39, 0.29) is 0 Å². The maximum atomic E-state index is 5.26. The van der Waals surface area contributed by atoms with Crippen molar-refractivity contribution in [3.05, 3.63) is 30.5 Å². The summed E-state index contributed by atoms with van der Waals surface area (Å²) in [6.07, 6.45) is 9.29. The molecule has 0 aliphatic heterocycles. The van der Waals surface area contributed by atoms with Crippen LogP contribution in [0.15, 0.2) is 30.5 Å². The minimum Gasteiger partial charge on any atom is -0.497 e. The van der Waals surface area contributed by atoms with Gasteiger partial charge in [-0.3, -0.25) is 0 Å². The summed E-state index contributed by atoms with van der Waals surface area (Å²) >= 11 is 0. The smallest absolute Gasteiger partial charge is 0.119 e. The van der Waals surface area contributed by atoms with Crippen LogP contribution in [0.2, 0.25) is 0 Å². The highest BCUT2D eigenvalue weighted by atomic mass is 16.5. The number of aryl methyl sites for hydroxylation is 1. The van der Waals surface area contributed by atoms with Crippen molar-refractivity contribution in [2.24, 2.45) is 5.92 Å². The second kappa shape index (κ2) is 5.05. The van der Waals surface area contributed by atoms with Gasteiger partial charge in [0.05, 0.1) is 7.11 Å². The molecule has 1 aliphatic carbocycles. The van der Waals surface area contributed by atoms with Crippen molar-refractivity contribution < 1.29 is 4.74 Å². The Morgan fingerprint density at radius 3 is 2.83 bits per heavy atom. The van der Waals surface area contributed by atoms with Crippen LogP contribution in [0, 0.1) is 5.92 Å². The van der Waals surface area contributed by atoms with Gasteiger partial charge < -0.3 is 9.30 Å². The zero-order valence-corrected chi connectivity index (χ0v) is 11.1. The van der Waals surface area contributed by atoms with Crippen molar-refractivity contribution in [3.8, 4) is 5.75 Å². The number of rotatable bonds is 4. The van der Waals surface area contributed by atoms with Crippen molar-refractivity contribution in [1.29, 1.82) is 0 Å². The van der Waals surface area contributed by atoms with Crippen LogP contribution in [0.3, 0.4) is 0 Å². The predicted octanol–water partition coefficient (Wildman–Crippen LogP) is 4.23. The van der Waals surface area contributed by atoms with Gasteiger partial charge in [-0.15, -0.1) is 0 Å². The van der Waals surface area contributed by atoms with Crippen LogP contribution in [0.5, 0.6) is 5.75 Å². The summed E-state index contributed by atoms with van der Waals surface area (Å²) in [5.41, 5.74) is 1.33. The minimum atomic E-state index is 0.941. The topological polar surface area (TPSA) is 14.2 Å². The summed E-state index contributed by atoms with van der Waals surface area (Å²) in [7, 11) is 1.72. The average molecular weight is 243 g/mol. The Balaban J connectivity index is 1.75. The van der Waals surface area contributed by atoms with Gasteiger partial charge in [0.1, 0.15) is 5.75 Å². The fraction of sp³-hybridized carbons (Fsp3) is 0.500. The molecule has 18 heavy (non-hydrogen) atoms. The fourth-order valence-corrected chi connectivity index (χ4v) is 3.12. The van der Waals surface area contributed by atoms with Crippen LogP contribution < -0.4 is 4.74 Å². The molecule has 2 aromatic rings. The molecule has 1 aromatic heterocycles. The lowest BCUT2D eigenvalue weighted by Crippen LogP contribution is -2.02. The normalized spacial score (nSPS) is 16.5. The lowest BCUT2D eigenvalue weighted by Gasteiger charge is -2.10. The molecule has 0 spiro atoms. The fourth-order valence-electron chi connectivity index (χ4n) is 3.12. The first-order chi connectivity index (χ1) is 8.86. The molecule has 2 nitrogen and oxygen atoms in total. The first kappa shape index (κ1) is 11.6. The molecule has 0 atom stereocenters. The Hall–Kier alpha value is -1.44. The van der Waals surface area contributed by atoms with E-state index in [0.717, 1.165) is 18.2 Å². The standard InChI is InChI=1S/C16H21NO/c1-18-15-6-7-16-14(12-15)9-11-17(16)10-8-13-4-2-3-5-13/h6-7,9,11-13H,2-5,8,10H2,1H3. The number of ether oxygens (including phenoxy) is 1. The number of methoxy groups -OCH3 is 1. The molecule has 3 rings (SSSR count). The molecule has 1 heterocycles. The molecule has 96 valence electrons. The van der Waals surface area contributed by atoms with E-state index in [2.05, 4.69) is 35.0 Å². The van der Waals surface area contributed by atoms with Crippen molar-refractivity contribution in [3.63, 3.8) is 0 Å². The summed E-state index contributed by atoms with van der Waals surface area (Å²) in [6, 6.07) is 8.52. The third kappa shape index (κ3) is 2.24. The third-order valence-corrected chi connectivity index (χ3v) is 4.23. The van der Waals surface area contributed by atoms with Crippen molar-refractivity contribution in [2.75, 3.05) is 7.11 Å². The molecule has 2 heteroatoms. The highest BCUT2D eigenvalue weighted by molar-refractivity contribution is 5.81. The van der Waals surface area contributed by atoms with Gasteiger partial charge in [-0.25, -0.2) is 0 Å². The number of hydrogen-bond acceptors (Lipinski definition) is 1. The molecule has 0 bridgehead atoms. The molecule has 0 N–H and O–H groups in total. The summed E-state index contributed by atoms with van der Waals surface area (Å²) in [5, 5.41) is 1.28. The predicted molar refractivity (Wildman–Crippen MR) is 75.1 cm³/mol. The number of hydrogen-bond donors (Lipinski definition) is 0. The average Bonchev–Trinajstić information content (AvgIpc) is 3.05. The van der Waals surface area contributed by atoms with Gasteiger partial charge in [-0.1, -0.05) is 25.7 Å². The zero-order valence-electron chi connectivity index (χ0n) is 11.1. The monoisotopic (exact) mass is 243 g/mol. The summed E-state index contributed by atoms with van der Waals surface area (Å²) in [4.78, 5) is 0. The van der Waals surface area contributed by atoms with Crippen molar-refractivity contribution >= 4 is 10.9 Å². The van der Waals surface area contributed by atoms with Gasteiger partial charge in [0.15, 0.2) is 0 Å². The van der Waals surface area contributed by atoms with E-state index in [0.29, 0.717) is 0 Å². The molecule has 1 aromatic carbocycles. The summed E-state index contributed by atoms with van der Waals surface area (Å²) < 4.78 is 7.65. The van der Waals surface area contributed by atoms with Gasteiger partial charge >= 0.3 is 0 Å². The maximum absolute atomic E-state index is 5.26. The van der Waals surface area contributed by atoms with E-state index in [1.54, 1.807) is 7.11 Å². The maximum Gasteiger partial charge on any atom is 0.119 e. The van der Waals surface area contributed by atoms with Gasteiger partial charge in [-0.05, 0) is 36.6 Å². The molecule has 0 unspecified atom stereocenters.